The quantitative estimate of drug-likeness (QED) is 0.724. The van der Waals surface area contributed by atoms with Gasteiger partial charge >= 0.3 is 0 Å². The maximum absolute atomic E-state index is 12.7. The highest BCUT2D eigenvalue weighted by Crippen LogP contribution is 2.25. The Kier molecular flexibility index (Phi) is 4.51. The van der Waals surface area contributed by atoms with Crippen LogP contribution in [0.3, 0.4) is 0 Å². The van der Waals surface area contributed by atoms with Crippen LogP contribution in [0.4, 0.5) is 0 Å². The summed E-state index contributed by atoms with van der Waals surface area (Å²) >= 11 is 0. The van der Waals surface area contributed by atoms with Crippen LogP contribution in [0.2, 0.25) is 0 Å². The summed E-state index contributed by atoms with van der Waals surface area (Å²) in [5.74, 6) is 0.561. The number of aromatic nitrogens is 2. The molecule has 5 heteroatoms. The largest absolute Gasteiger partial charge is 0.493 e. The highest BCUT2D eigenvalue weighted by Gasteiger charge is 2.36. The van der Waals surface area contributed by atoms with Crippen molar-refractivity contribution in [3.05, 3.63) is 11.9 Å². The van der Waals surface area contributed by atoms with Gasteiger partial charge in [0.05, 0.1) is 18.8 Å². The fourth-order valence-corrected chi connectivity index (χ4v) is 2.27. The van der Waals surface area contributed by atoms with Crippen LogP contribution in [0.25, 0.3) is 0 Å². The van der Waals surface area contributed by atoms with Gasteiger partial charge in [-0.05, 0) is 26.9 Å². The normalized spacial score (nSPS) is 11.9. The predicted octanol–water partition coefficient (Wildman–Crippen LogP) is 1.73. The molecule has 0 aliphatic heterocycles. The van der Waals surface area contributed by atoms with Crippen molar-refractivity contribution in [2.75, 3.05) is 20.2 Å². The number of Topliss-reactive ketones (excluding diaryl/α,β-unsaturated/α-hetero) is 1. The number of likely N-dealkylation sites (N-methyl/N-ethyl adjacent to an activating group) is 1. The molecule has 0 unspecified atom stereocenters. The van der Waals surface area contributed by atoms with E-state index in [1.54, 1.807) is 25.0 Å². The molecule has 1 heterocycles. The molecule has 1 aromatic heterocycles. The average Bonchev–Trinajstić information content (AvgIpc) is 2.70. The summed E-state index contributed by atoms with van der Waals surface area (Å²) in [6.45, 7) is 9.65. The summed E-state index contributed by atoms with van der Waals surface area (Å²) in [6, 6.07) is 0. The zero-order valence-electron chi connectivity index (χ0n) is 12.1. The predicted molar refractivity (Wildman–Crippen MR) is 71.1 cm³/mol. The molecule has 0 radical (unpaired) electrons. The smallest absolute Gasteiger partial charge is 0.204 e. The van der Waals surface area contributed by atoms with E-state index in [9.17, 15) is 4.79 Å². The molecule has 0 aliphatic rings. The van der Waals surface area contributed by atoms with E-state index in [1.165, 1.54) is 0 Å². The lowest BCUT2D eigenvalue weighted by molar-refractivity contribution is 0.0655. The first kappa shape index (κ1) is 14.7. The van der Waals surface area contributed by atoms with E-state index in [0.717, 1.165) is 13.1 Å². The van der Waals surface area contributed by atoms with Crippen LogP contribution in [-0.2, 0) is 7.05 Å². The van der Waals surface area contributed by atoms with Crippen LogP contribution in [0, 0.1) is 0 Å². The first-order valence-corrected chi connectivity index (χ1v) is 6.25. The average molecular weight is 253 g/mol. The van der Waals surface area contributed by atoms with Crippen molar-refractivity contribution in [3.8, 4) is 5.75 Å². The fraction of sp³-hybridized carbons (Fsp3) is 0.692. The third-order valence-corrected chi connectivity index (χ3v) is 3.45. The van der Waals surface area contributed by atoms with Crippen LogP contribution in [0.1, 0.15) is 38.2 Å². The second kappa shape index (κ2) is 5.52. The number of ether oxygens (including phenoxy) is 1. The highest BCUT2D eigenvalue weighted by atomic mass is 16.5. The molecule has 0 aromatic carbocycles. The molecule has 18 heavy (non-hydrogen) atoms. The minimum absolute atomic E-state index is 0.0306. The van der Waals surface area contributed by atoms with Gasteiger partial charge in [0.1, 0.15) is 5.69 Å². The number of carbonyl (C=O) groups excluding carboxylic acids is 1. The minimum atomic E-state index is -0.565. The second-order valence-electron chi connectivity index (χ2n) is 4.75. The molecule has 0 spiro atoms. The lowest BCUT2D eigenvalue weighted by Gasteiger charge is -2.35. The molecule has 0 fully saturated rings. The molecular weight excluding hydrogens is 230 g/mol. The summed E-state index contributed by atoms with van der Waals surface area (Å²) in [7, 11) is 3.31. The Hall–Kier alpha value is -1.36. The first-order valence-electron chi connectivity index (χ1n) is 6.25. The van der Waals surface area contributed by atoms with E-state index in [0.29, 0.717) is 11.4 Å². The number of aryl methyl sites for hydroxylation is 1. The Morgan fingerprint density at radius 3 is 2.44 bits per heavy atom. The molecule has 0 saturated carbocycles. The van der Waals surface area contributed by atoms with Gasteiger partial charge in [0.25, 0.3) is 0 Å². The van der Waals surface area contributed by atoms with E-state index in [2.05, 4.69) is 23.8 Å². The SMILES string of the molecule is CCN(CC)C(C)(C)C(=O)c1c(OC)cnn1C. The van der Waals surface area contributed by atoms with Gasteiger partial charge in [0.2, 0.25) is 5.78 Å². The van der Waals surface area contributed by atoms with Gasteiger partial charge in [0, 0.05) is 7.05 Å². The number of rotatable bonds is 6. The maximum atomic E-state index is 12.7. The number of hydrogen-bond donors (Lipinski definition) is 0. The molecule has 102 valence electrons. The Bertz CT molecular complexity index is 420. The van der Waals surface area contributed by atoms with Crippen LogP contribution in [0.5, 0.6) is 5.75 Å². The van der Waals surface area contributed by atoms with Gasteiger partial charge in [-0.2, -0.15) is 5.10 Å². The lowest BCUT2D eigenvalue weighted by atomic mass is 9.93. The topological polar surface area (TPSA) is 47.4 Å². The van der Waals surface area contributed by atoms with Crippen LogP contribution >= 0.6 is 0 Å². The van der Waals surface area contributed by atoms with Gasteiger partial charge in [-0.3, -0.25) is 14.4 Å². The summed E-state index contributed by atoms with van der Waals surface area (Å²) in [6.07, 6.45) is 1.57. The first-order chi connectivity index (χ1) is 8.39. The van der Waals surface area contributed by atoms with Gasteiger partial charge < -0.3 is 4.74 Å². The number of nitrogens with zero attached hydrogens (tertiary/aromatic N) is 3. The molecule has 0 atom stereocenters. The Balaban J connectivity index is 3.16. The molecular formula is C13H23N3O2. The zero-order chi connectivity index (χ0) is 13.9. The van der Waals surface area contributed by atoms with Crippen molar-refractivity contribution in [2.45, 2.75) is 33.2 Å². The molecule has 1 aromatic rings. The molecule has 5 nitrogen and oxygen atoms in total. The molecule has 0 N–H and O–H groups in total. The Morgan fingerprint density at radius 2 is 2.00 bits per heavy atom. The lowest BCUT2D eigenvalue weighted by Crippen LogP contribution is -2.50. The van der Waals surface area contributed by atoms with Crippen LogP contribution in [0.15, 0.2) is 6.20 Å². The number of hydrogen-bond acceptors (Lipinski definition) is 4. The summed E-state index contributed by atoms with van der Waals surface area (Å²) in [5, 5.41) is 4.09. The van der Waals surface area contributed by atoms with E-state index in [1.807, 2.05) is 13.8 Å². The summed E-state index contributed by atoms with van der Waals surface area (Å²) in [4.78, 5) is 14.8. The zero-order valence-corrected chi connectivity index (χ0v) is 12.1. The monoisotopic (exact) mass is 253 g/mol. The van der Waals surface area contributed by atoms with Crippen molar-refractivity contribution in [2.24, 2.45) is 7.05 Å². The van der Waals surface area contributed by atoms with Crippen LogP contribution < -0.4 is 4.74 Å². The summed E-state index contributed by atoms with van der Waals surface area (Å²) in [5.41, 5.74) is -0.0423. The number of carbonyl (C=O) groups is 1. The van der Waals surface area contributed by atoms with Crippen molar-refractivity contribution in [3.63, 3.8) is 0 Å². The Labute approximate surface area is 109 Å². The van der Waals surface area contributed by atoms with Crippen molar-refractivity contribution >= 4 is 5.78 Å². The third-order valence-electron chi connectivity index (χ3n) is 3.45. The molecule has 0 amide bonds. The number of ketones is 1. The molecule has 0 bridgehead atoms. The van der Waals surface area contributed by atoms with E-state index in [4.69, 9.17) is 4.74 Å². The number of methoxy groups -OCH3 is 1. The second-order valence-corrected chi connectivity index (χ2v) is 4.75. The van der Waals surface area contributed by atoms with Gasteiger partial charge in [-0.1, -0.05) is 13.8 Å². The fourth-order valence-electron chi connectivity index (χ4n) is 2.27. The maximum Gasteiger partial charge on any atom is 0.204 e. The third kappa shape index (κ3) is 2.41. The van der Waals surface area contributed by atoms with E-state index in [-0.39, 0.29) is 5.78 Å². The van der Waals surface area contributed by atoms with Gasteiger partial charge in [0.15, 0.2) is 5.75 Å². The molecule has 0 saturated heterocycles. The van der Waals surface area contributed by atoms with Crippen molar-refractivity contribution in [1.82, 2.24) is 14.7 Å². The van der Waals surface area contributed by atoms with E-state index >= 15 is 0 Å². The van der Waals surface area contributed by atoms with E-state index < -0.39 is 5.54 Å². The highest BCUT2D eigenvalue weighted by molar-refractivity contribution is 6.03. The van der Waals surface area contributed by atoms with Gasteiger partial charge in [-0.15, -0.1) is 0 Å². The molecule has 0 aliphatic carbocycles. The van der Waals surface area contributed by atoms with Crippen molar-refractivity contribution in [1.29, 1.82) is 0 Å². The standard InChI is InChI=1S/C13H23N3O2/c1-7-16(8-2)13(3,4)12(17)11-10(18-6)9-14-15(11)5/h9H,7-8H2,1-6H3. The van der Waals surface area contributed by atoms with Crippen molar-refractivity contribution < 1.29 is 9.53 Å². The molecule has 1 rings (SSSR count). The minimum Gasteiger partial charge on any atom is -0.493 e. The van der Waals surface area contributed by atoms with Crippen LogP contribution in [-0.4, -0.2) is 46.2 Å². The van der Waals surface area contributed by atoms with Gasteiger partial charge in [-0.25, -0.2) is 0 Å². The Morgan fingerprint density at radius 1 is 1.44 bits per heavy atom. The summed E-state index contributed by atoms with van der Waals surface area (Å²) < 4.78 is 6.78.